The minimum atomic E-state index is -1.35. The molecule has 14 nitrogen and oxygen atoms in total. The zero-order valence-corrected chi connectivity index (χ0v) is 32.4. The van der Waals surface area contributed by atoms with E-state index in [1.807, 2.05) is 44.1 Å². The Hall–Kier alpha value is -5.24. The first-order valence-corrected chi connectivity index (χ1v) is 19.1. The van der Waals surface area contributed by atoms with E-state index in [2.05, 4.69) is 36.6 Å². The maximum atomic E-state index is 13.1. The molecule has 0 spiro atoms. The van der Waals surface area contributed by atoms with Crippen molar-refractivity contribution in [2.45, 2.75) is 76.3 Å². The molecule has 4 heterocycles. The van der Waals surface area contributed by atoms with Crippen LogP contribution in [-0.4, -0.2) is 98.3 Å². The summed E-state index contributed by atoms with van der Waals surface area (Å²) in [5.41, 5.74) is 18.4. The average molecular weight is 744 g/mol. The smallest absolute Gasteiger partial charge is 0.271 e. The fraction of sp³-hybridized carbons (Fsp3) is 0.462. The summed E-state index contributed by atoms with van der Waals surface area (Å²) >= 11 is 0. The number of hydrogen-bond acceptors (Lipinski definition) is 10. The van der Waals surface area contributed by atoms with Crippen molar-refractivity contribution in [3.8, 4) is 11.1 Å². The molecule has 3 aromatic rings. The zero-order chi connectivity index (χ0) is 39.6. The van der Waals surface area contributed by atoms with Crippen LogP contribution in [0.3, 0.4) is 0 Å². The third kappa shape index (κ3) is 8.54. The minimum Gasteiger partial charge on any atom is -0.393 e. The number of carbonyl (C=O) groups excluding carboxylic acids is 3. The van der Waals surface area contributed by atoms with E-state index >= 15 is 0 Å². The summed E-state index contributed by atoms with van der Waals surface area (Å²) in [6.45, 7) is 5.81. The normalized spacial score (nSPS) is 17.8. The van der Waals surface area contributed by atoms with Crippen molar-refractivity contribution in [3.05, 3.63) is 83.0 Å². The Morgan fingerprint density at radius 3 is 2.31 bits per heavy atom. The van der Waals surface area contributed by atoms with Gasteiger partial charge in [-0.05, 0) is 75.2 Å². The van der Waals surface area contributed by atoms with Gasteiger partial charge in [0.25, 0.3) is 11.8 Å². The Morgan fingerprint density at radius 1 is 0.964 bits per heavy atom. The molecule has 2 saturated carbocycles. The number of amides is 3. The Bertz CT molecular complexity index is 1990. The highest BCUT2D eigenvalue weighted by molar-refractivity contribution is 6.39. The molecule has 3 amide bonds. The van der Waals surface area contributed by atoms with Crippen molar-refractivity contribution in [1.82, 2.24) is 35.2 Å². The molecule has 0 atom stereocenters. The van der Waals surface area contributed by atoms with Crippen LogP contribution in [0.5, 0.6) is 0 Å². The molecular weight excluding hydrogens is 692 g/mol. The number of anilines is 2. The van der Waals surface area contributed by atoms with Gasteiger partial charge in [0.1, 0.15) is 17.2 Å². The van der Waals surface area contributed by atoms with Gasteiger partial charge in [-0.15, -0.1) is 0 Å². The van der Waals surface area contributed by atoms with Crippen LogP contribution in [0, 0.1) is 5.92 Å². The molecule has 0 bridgehead atoms. The lowest BCUT2D eigenvalue weighted by Gasteiger charge is -2.44. The summed E-state index contributed by atoms with van der Waals surface area (Å²) in [4.78, 5) is 48.2. The monoisotopic (exact) mass is 743 g/mol. The molecule has 7 rings (SSSR count). The lowest BCUT2D eigenvalue weighted by Crippen LogP contribution is -2.51. The SMILES string of the molecule is CC.[B]C([B])(c1cccc(C(=O)N(C)C)n1)N1CCC(n2ncc3c2CN(C)c2c(NC(/C=C(\N)NC(=O)C4CC4)=C(/N)C(=O)NC4CC4)cccc2-3)CC1. The summed E-state index contributed by atoms with van der Waals surface area (Å²) in [5.74, 6) is -0.689. The van der Waals surface area contributed by atoms with E-state index in [1.54, 1.807) is 32.3 Å². The number of allylic oxidation sites excluding steroid dienone is 1. The van der Waals surface area contributed by atoms with E-state index in [0.29, 0.717) is 31.0 Å². The van der Waals surface area contributed by atoms with Crippen LogP contribution in [0.15, 0.2) is 65.9 Å². The molecule has 7 N–H and O–H groups in total. The Morgan fingerprint density at radius 2 is 1.65 bits per heavy atom. The summed E-state index contributed by atoms with van der Waals surface area (Å²) in [6.07, 6.45) is 8.44. The second-order valence-corrected chi connectivity index (χ2v) is 14.7. The molecule has 1 saturated heterocycles. The van der Waals surface area contributed by atoms with Crippen LogP contribution < -0.4 is 32.3 Å². The molecule has 4 radical (unpaired) electrons. The molecule has 16 heteroatoms. The molecular formula is C39H51B2N11O3. The second kappa shape index (κ2) is 16.2. The third-order valence-electron chi connectivity index (χ3n) is 10.3. The Labute approximate surface area is 325 Å². The predicted octanol–water partition coefficient (Wildman–Crippen LogP) is 2.59. The van der Waals surface area contributed by atoms with Gasteiger partial charge in [0.05, 0.1) is 57.2 Å². The van der Waals surface area contributed by atoms with Crippen LogP contribution in [0.25, 0.3) is 11.1 Å². The van der Waals surface area contributed by atoms with Gasteiger partial charge in [-0.1, -0.05) is 32.0 Å². The predicted molar refractivity (Wildman–Crippen MR) is 216 cm³/mol. The number of carbonyl (C=O) groups is 3. The average Bonchev–Trinajstić information content (AvgIpc) is 4.13. The fourth-order valence-electron chi connectivity index (χ4n) is 7.03. The number of para-hydroxylation sites is 1. The number of nitrogens with one attached hydrogen (secondary N) is 3. The van der Waals surface area contributed by atoms with Crippen molar-refractivity contribution >= 4 is 44.8 Å². The van der Waals surface area contributed by atoms with Gasteiger partial charge in [-0.25, -0.2) is 4.98 Å². The molecule has 2 aliphatic heterocycles. The first-order chi connectivity index (χ1) is 26.3. The molecule has 1 aromatic carbocycles. The molecule has 286 valence electrons. The molecule has 2 aromatic heterocycles. The summed E-state index contributed by atoms with van der Waals surface area (Å²) < 4.78 is 2.12. The maximum Gasteiger partial charge on any atom is 0.271 e. The van der Waals surface area contributed by atoms with Gasteiger partial charge in [0.15, 0.2) is 0 Å². The van der Waals surface area contributed by atoms with E-state index in [-0.39, 0.29) is 47.0 Å². The van der Waals surface area contributed by atoms with Gasteiger partial charge in [0, 0.05) is 56.0 Å². The standard InChI is InChI=1S/C37H45B2N11O3.C2H6/c1-47(2)36(53)27-8-5-9-30(45-27)37(38,39)49-16-14-23(15-17-49)50-29-20-48(3)33-24(25(29)19-42-50)6-4-7-26(33)44-28(32(41)35(52)43-22-12-13-22)18-31(40)46-34(51)21-10-11-21;1-2/h4-9,18-19,21-23,44H,10-17,20,40-41H2,1-3H3,(H,43,52)(H,46,51);1-2H3/b31-18+,32-28+;. The number of rotatable bonds is 11. The van der Waals surface area contributed by atoms with Gasteiger partial charge in [0.2, 0.25) is 5.91 Å². The van der Waals surface area contributed by atoms with Gasteiger partial charge >= 0.3 is 0 Å². The van der Waals surface area contributed by atoms with E-state index < -0.39 is 11.2 Å². The highest BCUT2D eigenvalue weighted by Crippen LogP contribution is 2.44. The van der Waals surface area contributed by atoms with Crippen LogP contribution in [0.2, 0.25) is 0 Å². The van der Waals surface area contributed by atoms with Crippen LogP contribution in [0.1, 0.15) is 80.3 Å². The number of hydrogen-bond donors (Lipinski definition) is 5. The van der Waals surface area contributed by atoms with Crippen molar-refractivity contribution in [1.29, 1.82) is 0 Å². The summed E-state index contributed by atoms with van der Waals surface area (Å²) in [5, 5.41) is 12.6. The molecule has 0 unspecified atom stereocenters. The van der Waals surface area contributed by atoms with E-state index in [1.165, 1.54) is 11.0 Å². The number of piperidine rings is 1. The number of aromatic nitrogens is 3. The Kier molecular flexibility index (Phi) is 11.6. The van der Waals surface area contributed by atoms with Crippen LogP contribution in [0.4, 0.5) is 11.4 Å². The van der Waals surface area contributed by atoms with Gasteiger partial charge < -0.3 is 42.1 Å². The van der Waals surface area contributed by atoms with E-state index in [4.69, 9.17) is 32.3 Å². The maximum absolute atomic E-state index is 13.1. The molecule has 3 fully saturated rings. The quantitative estimate of drug-likeness (QED) is 0.111. The third-order valence-corrected chi connectivity index (χ3v) is 10.3. The van der Waals surface area contributed by atoms with Gasteiger partial charge in [-0.3, -0.25) is 19.1 Å². The van der Waals surface area contributed by atoms with Crippen molar-refractivity contribution in [2.75, 3.05) is 44.4 Å². The number of fused-ring (bicyclic) bond motifs is 3. The molecule has 4 aliphatic rings. The van der Waals surface area contributed by atoms with Crippen LogP contribution in [-0.2, 0) is 21.5 Å². The zero-order valence-electron chi connectivity index (χ0n) is 32.4. The number of pyridine rings is 1. The van der Waals surface area contributed by atoms with Crippen molar-refractivity contribution in [2.24, 2.45) is 17.4 Å². The molecule has 55 heavy (non-hydrogen) atoms. The lowest BCUT2D eigenvalue weighted by atomic mass is 9.58. The highest BCUT2D eigenvalue weighted by atomic mass is 16.2. The van der Waals surface area contributed by atoms with Crippen LogP contribution >= 0.6 is 0 Å². The summed E-state index contributed by atoms with van der Waals surface area (Å²) in [7, 11) is 18.8. The lowest BCUT2D eigenvalue weighted by molar-refractivity contribution is -0.121. The summed E-state index contributed by atoms with van der Waals surface area (Å²) in [6, 6.07) is 11.3. The molecule has 2 aliphatic carbocycles. The first-order valence-electron chi connectivity index (χ1n) is 19.1. The number of benzene rings is 1. The highest BCUT2D eigenvalue weighted by Gasteiger charge is 2.36. The van der Waals surface area contributed by atoms with Crippen molar-refractivity contribution < 1.29 is 14.4 Å². The number of nitrogens with two attached hydrogens (primary N) is 2. The number of likely N-dealkylation sites (tertiary alicyclic amines) is 1. The largest absolute Gasteiger partial charge is 0.393 e. The van der Waals surface area contributed by atoms with E-state index in [0.717, 1.165) is 66.7 Å². The topological polar surface area (TPSA) is 180 Å². The minimum absolute atomic E-state index is 0.0269. The first kappa shape index (κ1) is 39.5. The second-order valence-electron chi connectivity index (χ2n) is 14.7. The fourth-order valence-corrected chi connectivity index (χ4v) is 7.03. The van der Waals surface area contributed by atoms with E-state index in [9.17, 15) is 14.4 Å². The van der Waals surface area contributed by atoms with Gasteiger partial charge in [-0.2, -0.15) is 5.10 Å². The van der Waals surface area contributed by atoms with Crippen molar-refractivity contribution in [3.63, 3.8) is 0 Å². The Balaban J connectivity index is 0.00000253. The number of nitrogens with zero attached hydrogens (tertiary/aromatic N) is 6.